The predicted octanol–water partition coefficient (Wildman–Crippen LogP) is 4.14. The summed E-state index contributed by atoms with van der Waals surface area (Å²) in [6.07, 6.45) is 5.20. The fourth-order valence-corrected chi connectivity index (χ4v) is 5.24. The lowest BCUT2D eigenvalue weighted by atomic mass is 9.62. The van der Waals surface area contributed by atoms with Crippen LogP contribution in [-0.4, -0.2) is 50.2 Å². The summed E-state index contributed by atoms with van der Waals surface area (Å²) in [4.78, 5) is 15.0. The summed E-state index contributed by atoms with van der Waals surface area (Å²) < 4.78 is 0. The van der Waals surface area contributed by atoms with Crippen LogP contribution in [0.2, 0.25) is 0 Å². The number of hydrogen-bond donors (Lipinski definition) is 2. The van der Waals surface area contributed by atoms with E-state index in [0.29, 0.717) is 29.2 Å². The Morgan fingerprint density at radius 2 is 1.75 bits per heavy atom. The third-order valence-electron chi connectivity index (χ3n) is 7.42. The van der Waals surface area contributed by atoms with Crippen molar-refractivity contribution in [1.82, 2.24) is 19.9 Å². The van der Waals surface area contributed by atoms with Gasteiger partial charge >= 0.3 is 0 Å². The average Bonchev–Trinajstić information content (AvgIpc) is 2.86. The number of aromatic nitrogens is 3. The number of rotatable bonds is 6. The van der Waals surface area contributed by atoms with Gasteiger partial charge in [-0.2, -0.15) is 0 Å². The summed E-state index contributed by atoms with van der Waals surface area (Å²) in [6.45, 7) is 11.7. The van der Waals surface area contributed by atoms with Crippen LogP contribution in [-0.2, 0) is 11.2 Å². The highest BCUT2D eigenvalue weighted by Crippen LogP contribution is 2.50. The molecule has 6 heteroatoms. The zero-order valence-electron chi connectivity index (χ0n) is 22.1. The van der Waals surface area contributed by atoms with Crippen LogP contribution in [0, 0.1) is 24.2 Å². The van der Waals surface area contributed by atoms with Crippen molar-refractivity contribution in [2.24, 2.45) is 5.41 Å². The molecule has 2 atom stereocenters. The highest BCUT2D eigenvalue weighted by molar-refractivity contribution is 5.45. The van der Waals surface area contributed by atoms with Gasteiger partial charge in [0.1, 0.15) is 11.9 Å². The van der Waals surface area contributed by atoms with Gasteiger partial charge in [0.2, 0.25) is 0 Å². The Labute approximate surface area is 214 Å². The Kier molecular flexibility index (Phi) is 7.03. The van der Waals surface area contributed by atoms with Gasteiger partial charge in [-0.3, -0.25) is 4.98 Å². The van der Waals surface area contributed by atoms with Crippen LogP contribution >= 0.6 is 0 Å². The maximum absolute atomic E-state index is 12.4. The lowest BCUT2D eigenvalue weighted by Gasteiger charge is -2.55. The summed E-state index contributed by atoms with van der Waals surface area (Å²) in [5, 5.41) is 23.6. The van der Waals surface area contributed by atoms with Gasteiger partial charge in [-0.05, 0) is 49.6 Å². The topological polar surface area (TPSA) is 82.4 Å². The minimum Gasteiger partial charge on any atom is -0.380 e. The molecule has 0 amide bonds. The molecule has 1 aliphatic heterocycles. The molecule has 36 heavy (non-hydrogen) atoms. The van der Waals surface area contributed by atoms with Crippen molar-refractivity contribution in [2.45, 2.75) is 58.2 Å². The highest BCUT2D eigenvalue weighted by Gasteiger charge is 2.55. The molecule has 0 spiro atoms. The molecule has 188 valence electrons. The molecule has 0 radical (unpaired) electrons. The van der Waals surface area contributed by atoms with Gasteiger partial charge in [-0.15, -0.1) is 0 Å². The molecule has 3 aromatic rings. The Balaban J connectivity index is 1.77. The monoisotopic (exact) mass is 484 g/mol. The van der Waals surface area contributed by atoms with Crippen molar-refractivity contribution in [3.05, 3.63) is 88.8 Å². The van der Waals surface area contributed by atoms with Crippen molar-refractivity contribution in [2.75, 3.05) is 20.1 Å². The van der Waals surface area contributed by atoms with E-state index < -0.39 is 16.6 Å². The van der Waals surface area contributed by atoms with Crippen molar-refractivity contribution >= 4 is 0 Å². The van der Waals surface area contributed by atoms with Crippen molar-refractivity contribution in [3.8, 4) is 11.8 Å². The second-order valence-corrected chi connectivity index (χ2v) is 10.7. The van der Waals surface area contributed by atoms with Crippen LogP contribution in [0.3, 0.4) is 0 Å². The molecule has 3 heterocycles. The molecule has 0 saturated carbocycles. The van der Waals surface area contributed by atoms with E-state index in [0.717, 1.165) is 24.3 Å². The van der Waals surface area contributed by atoms with Crippen molar-refractivity contribution in [3.63, 3.8) is 0 Å². The molecule has 1 aromatic carbocycles. The Hall–Kier alpha value is -3.11. The molecule has 6 nitrogen and oxygen atoms in total. The van der Waals surface area contributed by atoms with Crippen molar-refractivity contribution < 1.29 is 10.2 Å². The number of nitrogens with zero attached hydrogens (tertiary/aromatic N) is 4. The highest BCUT2D eigenvalue weighted by atomic mass is 16.3. The summed E-state index contributed by atoms with van der Waals surface area (Å²) in [6, 6.07) is 11.9. The first-order chi connectivity index (χ1) is 17.0. The maximum Gasteiger partial charge on any atom is 0.167 e. The second-order valence-electron chi connectivity index (χ2n) is 10.7. The standard InChI is InChI=1S/C30H36N4O2/c1-7-29(35,27-14-22(4)32-20-33-27)13-12-23-15-26(17-31-16-23)30(36,28(5)18-34(6)19-28)25-10-8-24(9-11-25)21(2)3/h8-11,14-17,20-21,35-36H,7,18-19H2,1-6H3/t29?,30-/m0/s1. The fourth-order valence-electron chi connectivity index (χ4n) is 5.24. The lowest BCUT2D eigenvalue weighted by molar-refractivity contribution is -0.127. The number of hydrogen-bond acceptors (Lipinski definition) is 6. The van der Waals surface area contributed by atoms with E-state index in [-0.39, 0.29) is 0 Å². The van der Waals surface area contributed by atoms with E-state index >= 15 is 0 Å². The van der Waals surface area contributed by atoms with Crippen LogP contribution in [0.15, 0.2) is 55.1 Å². The zero-order chi connectivity index (χ0) is 26.1. The fraction of sp³-hybridized carbons (Fsp3) is 0.433. The Morgan fingerprint density at radius 3 is 2.33 bits per heavy atom. The largest absolute Gasteiger partial charge is 0.380 e. The third kappa shape index (κ3) is 4.67. The van der Waals surface area contributed by atoms with E-state index in [2.05, 4.69) is 71.6 Å². The number of pyridine rings is 1. The third-order valence-corrected chi connectivity index (χ3v) is 7.42. The summed E-state index contributed by atoms with van der Waals surface area (Å²) in [7, 11) is 2.06. The van der Waals surface area contributed by atoms with Gasteiger partial charge < -0.3 is 15.1 Å². The molecular formula is C30H36N4O2. The lowest BCUT2D eigenvalue weighted by Crippen LogP contribution is -2.63. The van der Waals surface area contributed by atoms with Gasteiger partial charge in [0, 0.05) is 47.7 Å². The SMILES string of the molecule is CCC(O)(C#Cc1cncc([C@@](O)(c2ccc(C(C)C)cc2)C2(C)CN(C)C2)c1)c1cc(C)ncn1. The number of aliphatic hydroxyl groups is 2. The molecular weight excluding hydrogens is 448 g/mol. The normalized spacial score (nSPS) is 18.5. The van der Waals surface area contributed by atoms with Crippen LogP contribution in [0.1, 0.15) is 73.7 Å². The van der Waals surface area contributed by atoms with Gasteiger partial charge in [0.25, 0.3) is 0 Å². The van der Waals surface area contributed by atoms with E-state index in [4.69, 9.17) is 0 Å². The van der Waals surface area contributed by atoms with Crippen LogP contribution < -0.4 is 0 Å². The minimum absolute atomic E-state index is 0.375. The zero-order valence-corrected chi connectivity index (χ0v) is 22.1. The number of likely N-dealkylation sites (tertiary alicyclic amines) is 1. The molecule has 2 aromatic heterocycles. The predicted molar refractivity (Wildman–Crippen MR) is 141 cm³/mol. The van der Waals surface area contributed by atoms with E-state index in [1.807, 2.05) is 32.0 Å². The van der Waals surface area contributed by atoms with Gasteiger partial charge in [-0.25, -0.2) is 9.97 Å². The van der Waals surface area contributed by atoms with Crippen LogP contribution in [0.4, 0.5) is 0 Å². The maximum atomic E-state index is 12.4. The molecule has 0 bridgehead atoms. The summed E-state index contributed by atoms with van der Waals surface area (Å²) in [5.41, 5.74) is 1.59. The molecule has 1 saturated heterocycles. The average molecular weight is 485 g/mol. The number of aryl methyl sites for hydroxylation is 1. The molecule has 1 fully saturated rings. The minimum atomic E-state index is -1.41. The van der Waals surface area contributed by atoms with E-state index in [1.54, 1.807) is 18.5 Å². The smallest absolute Gasteiger partial charge is 0.167 e. The van der Waals surface area contributed by atoms with Crippen LogP contribution in [0.25, 0.3) is 0 Å². The quantitative estimate of drug-likeness (QED) is 0.512. The van der Waals surface area contributed by atoms with E-state index in [1.165, 1.54) is 11.9 Å². The van der Waals surface area contributed by atoms with Crippen molar-refractivity contribution in [1.29, 1.82) is 0 Å². The van der Waals surface area contributed by atoms with Gasteiger partial charge in [-0.1, -0.05) is 63.8 Å². The molecule has 4 rings (SSSR count). The first-order valence-corrected chi connectivity index (χ1v) is 12.5. The summed E-state index contributed by atoms with van der Waals surface area (Å²) in [5.74, 6) is 6.51. The second kappa shape index (κ2) is 9.74. The molecule has 1 unspecified atom stereocenters. The van der Waals surface area contributed by atoms with Gasteiger partial charge in [0.05, 0.1) is 5.69 Å². The first-order valence-electron chi connectivity index (χ1n) is 12.5. The molecule has 0 aliphatic carbocycles. The molecule has 1 aliphatic rings. The van der Waals surface area contributed by atoms with Gasteiger partial charge in [0.15, 0.2) is 5.60 Å². The van der Waals surface area contributed by atoms with E-state index in [9.17, 15) is 10.2 Å². The number of benzene rings is 1. The summed E-state index contributed by atoms with van der Waals surface area (Å²) >= 11 is 0. The first kappa shape index (κ1) is 26.0. The Bertz CT molecular complexity index is 1290. The van der Waals surface area contributed by atoms with Crippen LogP contribution in [0.5, 0.6) is 0 Å². The Morgan fingerprint density at radius 1 is 1.06 bits per heavy atom. The molecule has 2 N–H and O–H groups in total.